The third kappa shape index (κ3) is 2.00. The van der Waals surface area contributed by atoms with Crippen LogP contribution in [0.5, 0.6) is 0 Å². The van der Waals surface area contributed by atoms with Crippen molar-refractivity contribution in [3.8, 4) is 0 Å². The van der Waals surface area contributed by atoms with Crippen LogP contribution in [0.1, 0.15) is 19.3 Å². The second-order valence-electron chi connectivity index (χ2n) is 3.59. The molecule has 0 aliphatic carbocycles. The van der Waals surface area contributed by atoms with Gasteiger partial charge in [-0.2, -0.15) is 0 Å². The molecule has 2 saturated heterocycles. The standard InChI is InChI=1S/C9H17N3O/c10-9-3-1-2-4-12(9)11-5-7-13-8-6-11/h10H,1-8H2. The lowest BCUT2D eigenvalue weighted by atomic mass is 10.1. The van der Waals surface area contributed by atoms with Crippen molar-refractivity contribution in [3.63, 3.8) is 0 Å². The summed E-state index contributed by atoms with van der Waals surface area (Å²) in [5, 5.41) is 12.2. The van der Waals surface area contributed by atoms with Gasteiger partial charge in [0.1, 0.15) is 5.84 Å². The highest BCUT2D eigenvalue weighted by atomic mass is 16.5. The quantitative estimate of drug-likeness (QED) is 0.650. The van der Waals surface area contributed by atoms with E-state index in [2.05, 4.69) is 10.0 Å². The van der Waals surface area contributed by atoms with E-state index in [1.54, 1.807) is 0 Å². The van der Waals surface area contributed by atoms with Crippen molar-refractivity contribution in [2.75, 3.05) is 32.8 Å². The monoisotopic (exact) mass is 183 g/mol. The molecule has 4 heteroatoms. The molecule has 0 atom stereocenters. The lowest BCUT2D eigenvalue weighted by molar-refractivity contribution is -0.0551. The van der Waals surface area contributed by atoms with Gasteiger partial charge in [-0.05, 0) is 12.8 Å². The molecule has 0 bridgehead atoms. The Kier molecular flexibility index (Phi) is 2.80. The van der Waals surface area contributed by atoms with Crippen LogP contribution >= 0.6 is 0 Å². The van der Waals surface area contributed by atoms with E-state index in [-0.39, 0.29) is 0 Å². The van der Waals surface area contributed by atoms with Gasteiger partial charge in [-0.25, -0.2) is 5.01 Å². The van der Waals surface area contributed by atoms with Crippen molar-refractivity contribution in [2.24, 2.45) is 0 Å². The minimum Gasteiger partial charge on any atom is -0.379 e. The van der Waals surface area contributed by atoms with Gasteiger partial charge in [-0.1, -0.05) is 0 Å². The molecule has 0 radical (unpaired) electrons. The Bertz CT molecular complexity index is 189. The summed E-state index contributed by atoms with van der Waals surface area (Å²) in [6.45, 7) is 4.54. The molecule has 0 aromatic carbocycles. The van der Waals surface area contributed by atoms with E-state index >= 15 is 0 Å². The molecule has 2 rings (SSSR count). The van der Waals surface area contributed by atoms with Gasteiger partial charge >= 0.3 is 0 Å². The van der Waals surface area contributed by atoms with Gasteiger partial charge < -0.3 is 4.74 Å². The van der Waals surface area contributed by atoms with Gasteiger partial charge in [0.2, 0.25) is 0 Å². The van der Waals surface area contributed by atoms with Gasteiger partial charge in [0.05, 0.1) is 13.2 Å². The number of hydrogen-bond donors (Lipinski definition) is 1. The molecule has 2 aliphatic heterocycles. The van der Waals surface area contributed by atoms with E-state index in [1.807, 2.05) is 0 Å². The van der Waals surface area contributed by atoms with E-state index in [0.29, 0.717) is 0 Å². The highest BCUT2D eigenvalue weighted by molar-refractivity contribution is 5.79. The van der Waals surface area contributed by atoms with Crippen molar-refractivity contribution < 1.29 is 4.74 Å². The van der Waals surface area contributed by atoms with E-state index in [1.165, 1.54) is 12.8 Å². The predicted octanol–water partition coefficient (Wildman–Crippen LogP) is 0.697. The number of ether oxygens (including phenoxy) is 1. The number of nitrogens with zero attached hydrogens (tertiary/aromatic N) is 2. The molecule has 4 nitrogen and oxygen atoms in total. The Balaban J connectivity index is 1.92. The van der Waals surface area contributed by atoms with Crippen LogP contribution in [-0.2, 0) is 4.74 Å². The summed E-state index contributed by atoms with van der Waals surface area (Å²) in [4.78, 5) is 0. The third-order valence-electron chi connectivity index (χ3n) is 2.67. The Morgan fingerprint density at radius 2 is 1.85 bits per heavy atom. The zero-order valence-electron chi connectivity index (χ0n) is 7.96. The zero-order valence-corrected chi connectivity index (χ0v) is 7.96. The van der Waals surface area contributed by atoms with Crippen LogP contribution in [0.4, 0.5) is 0 Å². The van der Waals surface area contributed by atoms with Crippen LogP contribution in [0, 0.1) is 5.41 Å². The molecule has 0 spiro atoms. The SMILES string of the molecule is N=C1CCCCN1N1CCOCC1. The molecule has 74 valence electrons. The molecule has 2 heterocycles. The number of rotatable bonds is 1. The average molecular weight is 183 g/mol. The topological polar surface area (TPSA) is 39.6 Å². The van der Waals surface area contributed by atoms with Crippen molar-refractivity contribution >= 4 is 5.84 Å². The first-order chi connectivity index (χ1) is 6.38. The number of amidine groups is 1. The summed E-state index contributed by atoms with van der Waals surface area (Å²) >= 11 is 0. The maximum absolute atomic E-state index is 7.83. The van der Waals surface area contributed by atoms with Gasteiger partial charge in [0, 0.05) is 26.1 Å². The molecule has 0 unspecified atom stereocenters. The Hall–Kier alpha value is -0.610. The summed E-state index contributed by atoms with van der Waals surface area (Å²) in [5.41, 5.74) is 0. The highest BCUT2D eigenvalue weighted by Gasteiger charge is 2.22. The van der Waals surface area contributed by atoms with Gasteiger partial charge in [-0.3, -0.25) is 10.4 Å². The summed E-state index contributed by atoms with van der Waals surface area (Å²) < 4.78 is 5.29. The Morgan fingerprint density at radius 1 is 1.08 bits per heavy atom. The van der Waals surface area contributed by atoms with Crippen LogP contribution in [0.2, 0.25) is 0 Å². The molecular formula is C9H17N3O. The second-order valence-corrected chi connectivity index (χ2v) is 3.59. The first-order valence-corrected chi connectivity index (χ1v) is 5.05. The van der Waals surface area contributed by atoms with Crippen molar-refractivity contribution in [2.45, 2.75) is 19.3 Å². The normalized spacial score (nSPS) is 26.5. The number of piperidine rings is 1. The largest absolute Gasteiger partial charge is 0.379 e. The number of hydrazine groups is 1. The third-order valence-corrected chi connectivity index (χ3v) is 2.67. The minimum absolute atomic E-state index is 0.785. The number of morpholine rings is 1. The number of nitrogens with one attached hydrogen (secondary N) is 1. The molecule has 0 aromatic rings. The van der Waals surface area contributed by atoms with Crippen molar-refractivity contribution in [1.29, 1.82) is 5.41 Å². The summed E-state index contributed by atoms with van der Waals surface area (Å²) in [7, 11) is 0. The van der Waals surface area contributed by atoms with Crippen molar-refractivity contribution in [1.82, 2.24) is 10.0 Å². The van der Waals surface area contributed by atoms with Crippen LogP contribution in [0.25, 0.3) is 0 Å². The summed E-state index contributed by atoms with van der Waals surface area (Å²) in [6, 6.07) is 0. The van der Waals surface area contributed by atoms with E-state index in [4.69, 9.17) is 10.1 Å². The molecule has 1 N–H and O–H groups in total. The predicted molar refractivity (Wildman–Crippen MR) is 50.7 cm³/mol. The van der Waals surface area contributed by atoms with E-state index in [0.717, 1.165) is 45.1 Å². The smallest absolute Gasteiger partial charge is 0.110 e. The summed E-state index contributed by atoms with van der Waals surface area (Å²) in [5.74, 6) is 0.785. The Morgan fingerprint density at radius 3 is 2.54 bits per heavy atom. The van der Waals surface area contributed by atoms with Crippen LogP contribution in [0.15, 0.2) is 0 Å². The van der Waals surface area contributed by atoms with Gasteiger partial charge in [0.25, 0.3) is 0 Å². The first kappa shape index (κ1) is 8.97. The van der Waals surface area contributed by atoms with Crippen molar-refractivity contribution in [3.05, 3.63) is 0 Å². The second kappa shape index (κ2) is 4.07. The minimum atomic E-state index is 0.785. The van der Waals surface area contributed by atoms with Crippen LogP contribution in [0.3, 0.4) is 0 Å². The fourth-order valence-electron chi connectivity index (χ4n) is 1.93. The van der Waals surface area contributed by atoms with Crippen LogP contribution < -0.4 is 0 Å². The van der Waals surface area contributed by atoms with E-state index in [9.17, 15) is 0 Å². The van der Waals surface area contributed by atoms with E-state index < -0.39 is 0 Å². The Labute approximate surface area is 78.9 Å². The van der Waals surface area contributed by atoms with Gasteiger partial charge in [-0.15, -0.1) is 0 Å². The molecule has 2 aliphatic rings. The highest BCUT2D eigenvalue weighted by Crippen LogP contribution is 2.14. The molecule has 2 fully saturated rings. The average Bonchev–Trinajstić information content (AvgIpc) is 2.20. The first-order valence-electron chi connectivity index (χ1n) is 5.05. The lowest BCUT2D eigenvalue weighted by Crippen LogP contribution is -2.52. The number of hydrogen-bond acceptors (Lipinski definition) is 3. The fraction of sp³-hybridized carbons (Fsp3) is 0.889. The maximum Gasteiger partial charge on any atom is 0.110 e. The maximum atomic E-state index is 7.83. The lowest BCUT2D eigenvalue weighted by Gasteiger charge is -2.40. The molecule has 13 heavy (non-hydrogen) atoms. The fourth-order valence-corrected chi connectivity index (χ4v) is 1.93. The summed E-state index contributed by atoms with van der Waals surface area (Å²) in [6.07, 6.45) is 3.34. The molecule has 0 saturated carbocycles. The molecule has 0 amide bonds. The zero-order chi connectivity index (χ0) is 9.10. The van der Waals surface area contributed by atoms with Crippen LogP contribution in [-0.4, -0.2) is 48.7 Å². The molecule has 0 aromatic heterocycles. The van der Waals surface area contributed by atoms with Gasteiger partial charge in [0.15, 0.2) is 0 Å². The molecular weight excluding hydrogens is 166 g/mol.